The Hall–Kier alpha value is 0.130. The summed E-state index contributed by atoms with van der Waals surface area (Å²) in [4.78, 5) is 0. The second-order valence-electron chi connectivity index (χ2n) is 4.19. The molecule has 2 aromatic rings. The second-order valence-corrected chi connectivity index (χ2v) is 7.22. The smallest absolute Gasteiger partial charge is 0.107 e. The number of halogens is 4. The van der Waals surface area contributed by atoms with E-state index in [1.54, 1.807) is 6.07 Å². The summed E-state index contributed by atoms with van der Waals surface area (Å²) < 4.78 is 2.70. The van der Waals surface area contributed by atoms with Gasteiger partial charge in [-0.1, -0.05) is 59.4 Å². The van der Waals surface area contributed by atoms with Crippen LogP contribution in [0.3, 0.4) is 0 Å². The van der Waals surface area contributed by atoms with E-state index in [1.807, 2.05) is 31.2 Å². The summed E-state index contributed by atoms with van der Waals surface area (Å²) in [7, 11) is 0. The quantitative estimate of drug-likeness (QED) is 0.571. The topological polar surface area (TPSA) is 20.2 Å². The molecule has 0 bridgehead atoms. The van der Waals surface area contributed by atoms with Crippen LogP contribution in [0.4, 0.5) is 0 Å². The van der Waals surface area contributed by atoms with Crippen molar-refractivity contribution in [3.63, 3.8) is 0 Å². The molecular weight excluding hydrogens is 459 g/mol. The Morgan fingerprint density at radius 1 is 1.00 bits per heavy atom. The first-order chi connectivity index (χ1) is 8.90. The fourth-order valence-corrected chi connectivity index (χ4v) is 3.40. The summed E-state index contributed by atoms with van der Waals surface area (Å²) in [6.45, 7) is 2.00. The third kappa shape index (κ3) is 3.42. The van der Waals surface area contributed by atoms with Crippen LogP contribution in [0.2, 0.25) is 5.02 Å². The lowest BCUT2D eigenvalue weighted by atomic mass is 10.0. The van der Waals surface area contributed by atoms with Crippen molar-refractivity contribution in [3.8, 4) is 0 Å². The minimum atomic E-state index is -0.781. The highest BCUT2D eigenvalue weighted by Crippen LogP contribution is 2.36. The van der Waals surface area contributed by atoms with Crippen LogP contribution in [0.1, 0.15) is 22.8 Å². The SMILES string of the molecule is Cc1cc(Br)c(C(O)c2cc(Br)ccc2Cl)cc1Br. The van der Waals surface area contributed by atoms with Gasteiger partial charge in [0.25, 0.3) is 0 Å². The van der Waals surface area contributed by atoms with Crippen LogP contribution in [0, 0.1) is 6.92 Å². The number of hydrogen-bond donors (Lipinski definition) is 1. The molecule has 100 valence electrons. The molecule has 0 aliphatic carbocycles. The zero-order chi connectivity index (χ0) is 14.2. The van der Waals surface area contributed by atoms with Crippen molar-refractivity contribution in [2.75, 3.05) is 0 Å². The molecule has 0 aliphatic heterocycles. The molecule has 0 saturated carbocycles. The van der Waals surface area contributed by atoms with Gasteiger partial charge >= 0.3 is 0 Å². The molecule has 0 fully saturated rings. The molecule has 0 aromatic heterocycles. The van der Waals surface area contributed by atoms with Crippen LogP contribution < -0.4 is 0 Å². The molecular formula is C14H10Br3ClO. The zero-order valence-electron chi connectivity index (χ0n) is 9.92. The highest BCUT2D eigenvalue weighted by atomic mass is 79.9. The monoisotopic (exact) mass is 466 g/mol. The van der Waals surface area contributed by atoms with Gasteiger partial charge in [-0.3, -0.25) is 0 Å². The van der Waals surface area contributed by atoms with Gasteiger partial charge in [-0.15, -0.1) is 0 Å². The number of rotatable bonds is 2. The van der Waals surface area contributed by atoms with Crippen molar-refractivity contribution >= 4 is 59.4 Å². The largest absolute Gasteiger partial charge is 0.384 e. The highest BCUT2D eigenvalue weighted by molar-refractivity contribution is 9.11. The summed E-state index contributed by atoms with van der Waals surface area (Å²) >= 11 is 16.5. The molecule has 0 spiro atoms. The Morgan fingerprint density at radius 2 is 1.68 bits per heavy atom. The number of aliphatic hydroxyl groups is 1. The van der Waals surface area contributed by atoms with E-state index in [4.69, 9.17) is 11.6 Å². The highest BCUT2D eigenvalue weighted by Gasteiger charge is 2.18. The number of aliphatic hydroxyl groups excluding tert-OH is 1. The van der Waals surface area contributed by atoms with Gasteiger partial charge < -0.3 is 5.11 Å². The molecule has 0 amide bonds. The van der Waals surface area contributed by atoms with Gasteiger partial charge in [-0.05, 0) is 42.8 Å². The van der Waals surface area contributed by atoms with E-state index in [-0.39, 0.29) is 0 Å². The van der Waals surface area contributed by atoms with Crippen LogP contribution in [0.25, 0.3) is 0 Å². The molecule has 2 rings (SSSR count). The molecule has 1 unspecified atom stereocenters. The van der Waals surface area contributed by atoms with Crippen LogP contribution in [0.15, 0.2) is 43.7 Å². The molecule has 0 heterocycles. The maximum absolute atomic E-state index is 10.5. The molecule has 1 N–H and O–H groups in total. The molecule has 0 saturated heterocycles. The van der Waals surface area contributed by atoms with E-state index in [2.05, 4.69) is 47.8 Å². The minimum absolute atomic E-state index is 0.541. The van der Waals surface area contributed by atoms with Crippen molar-refractivity contribution in [3.05, 3.63) is 65.5 Å². The standard InChI is InChI=1S/C14H10Br3ClO/c1-7-4-12(17)9(6-11(7)16)14(19)10-5-8(15)2-3-13(10)18/h2-6,14,19H,1H3. The van der Waals surface area contributed by atoms with Crippen LogP contribution in [0.5, 0.6) is 0 Å². The molecule has 0 radical (unpaired) electrons. The van der Waals surface area contributed by atoms with E-state index >= 15 is 0 Å². The summed E-state index contributed by atoms with van der Waals surface area (Å²) in [5.74, 6) is 0. The Balaban J connectivity index is 2.52. The lowest BCUT2D eigenvalue weighted by Gasteiger charge is -2.16. The van der Waals surface area contributed by atoms with Gasteiger partial charge in [0.05, 0.1) is 0 Å². The van der Waals surface area contributed by atoms with E-state index in [1.165, 1.54) is 0 Å². The van der Waals surface area contributed by atoms with Gasteiger partial charge in [0.15, 0.2) is 0 Å². The predicted octanol–water partition coefficient (Wildman–Crippen LogP) is 6.02. The summed E-state index contributed by atoms with van der Waals surface area (Å²) in [6, 6.07) is 9.31. The van der Waals surface area contributed by atoms with E-state index in [9.17, 15) is 5.11 Å². The fraction of sp³-hybridized carbons (Fsp3) is 0.143. The summed E-state index contributed by atoms with van der Waals surface area (Å²) in [5, 5.41) is 11.1. The Kier molecular flexibility index (Phi) is 5.12. The normalized spacial score (nSPS) is 12.5. The van der Waals surface area contributed by atoms with E-state index in [0.29, 0.717) is 10.6 Å². The van der Waals surface area contributed by atoms with Gasteiger partial charge in [0.1, 0.15) is 6.10 Å². The molecule has 2 aromatic carbocycles. The summed E-state index contributed by atoms with van der Waals surface area (Å²) in [6.07, 6.45) is -0.781. The second kappa shape index (κ2) is 6.27. The molecule has 1 atom stereocenters. The van der Waals surface area contributed by atoms with E-state index < -0.39 is 6.10 Å². The zero-order valence-corrected chi connectivity index (χ0v) is 15.4. The van der Waals surface area contributed by atoms with Crippen molar-refractivity contribution in [2.24, 2.45) is 0 Å². The van der Waals surface area contributed by atoms with Crippen molar-refractivity contribution in [1.82, 2.24) is 0 Å². The van der Waals surface area contributed by atoms with Gasteiger partial charge in [-0.25, -0.2) is 0 Å². The first-order valence-electron chi connectivity index (χ1n) is 5.48. The van der Waals surface area contributed by atoms with Crippen molar-refractivity contribution in [2.45, 2.75) is 13.0 Å². The van der Waals surface area contributed by atoms with Crippen LogP contribution in [-0.2, 0) is 0 Å². The van der Waals surface area contributed by atoms with Crippen molar-refractivity contribution in [1.29, 1.82) is 0 Å². The van der Waals surface area contributed by atoms with Gasteiger partial charge in [-0.2, -0.15) is 0 Å². The Morgan fingerprint density at radius 3 is 2.37 bits per heavy atom. The lowest BCUT2D eigenvalue weighted by Crippen LogP contribution is -2.02. The first kappa shape index (κ1) is 15.5. The number of benzene rings is 2. The first-order valence-corrected chi connectivity index (χ1v) is 8.24. The van der Waals surface area contributed by atoms with Crippen LogP contribution in [-0.4, -0.2) is 5.11 Å². The fourth-order valence-electron chi connectivity index (χ4n) is 1.76. The average molecular weight is 469 g/mol. The van der Waals surface area contributed by atoms with Gasteiger partial charge in [0, 0.05) is 29.6 Å². The number of hydrogen-bond acceptors (Lipinski definition) is 1. The van der Waals surface area contributed by atoms with Crippen molar-refractivity contribution < 1.29 is 5.11 Å². The van der Waals surface area contributed by atoms with Gasteiger partial charge in [0.2, 0.25) is 0 Å². The molecule has 5 heteroatoms. The summed E-state index contributed by atoms with van der Waals surface area (Å²) in [5.41, 5.74) is 2.55. The molecule has 1 nitrogen and oxygen atoms in total. The predicted molar refractivity (Wildman–Crippen MR) is 89.8 cm³/mol. The van der Waals surface area contributed by atoms with Crippen LogP contribution >= 0.6 is 59.4 Å². The van der Waals surface area contributed by atoms with E-state index in [0.717, 1.165) is 24.5 Å². The molecule has 0 aliphatic rings. The molecule has 19 heavy (non-hydrogen) atoms. The number of aryl methyl sites for hydroxylation is 1. The Labute approximate surface area is 142 Å². The maximum atomic E-state index is 10.5. The third-order valence-corrected chi connectivity index (χ3v) is 5.20. The maximum Gasteiger partial charge on any atom is 0.107 e. The Bertz CT molecular complexity index is 628. The lowest BCUT2D eigenvalue weighted by molar-refractivity contribution is 0.219. The average Bonchev–Trinajstić information content (AvgIpc) is 2.36. The third-order valence-electron chi connectivity index (χ3n) is 2.83. The minimum Gasteiger partial charge on any atom is -0.384 e.